The highest BCUT2D eigenvalue weighted by molar-refractivity contribution is 7.92. The fourth-order valence-electron chi connectivity index (χ4n) is 3.55. The molecule has 4 rings (SSSR count). The number of piperidine rings is 1. The molecule has 1 aliphatic heterocycles. The Hall–Kier alpha value is -3.00. The molecule has 1 saturated heterocycles. The van der Waals surface area contributed by atoms with E-state index >= 15 is 0 Å². The third-order valence-electron chi connectivity index (χ3n) is 5.16. The molecule has 2 heterocycles. The average molecular weight is 415 g/mol. The van der Waals surface area contributed by atoms with Crippen LogP contribution in [0.15, 0.2) is 68.7 Å². The Morgan fingerprint density at radius 2 is 1.69 bits per heavy atom. The standard InChI is InChI=1S/C21H18FNO5S/c22-14-5-7-15(8-6-14)29(26,27)16-9-11-23(12-10-16)21(25)20-13-18(24)17-3-1-2-4-19(17)28-20/h1-8,13,16H,9-12H2. The zero-order chi connectivity index (χ0) is 20.6. The summed E-state index contributed by atoms with van der Waals surface area (Å²) >= 11 is 0. The number of halogens is 1. The lowest BCUT2D eigenvalue weighted by molar-refractivity contribution is 0.0694. The first-order chi connectivity index (χ1) is 13.9. The number of amides is 1. The first-order valence-corrected chi connectivity index (χ1v) is 10.7. The monoisotopic (exact) mass is 415 g/mol. The van der Waals surface area contributed by atoms with Crippen LogP contribution in [-0.4, -0.2) is 37.6 Å². The maximum Gasteiger partial charge on any atom is 0.289 e. The van der Waals surface area contributed by atoms with Crippen molar-refractivity contribution in [2.24, 2.45) is 0 Å². The summed E-state index contributed by atoms with van der Waals surface area (Å²) in [6, 6.07) is 12.6. The minimum atomic E-state index is -3.61. The molecule has 0 N–H and O–H groups in total. The van der Waals surface area contributed by atoms with Gasteiger partial charge in [-0.25, -0.2) is 12.8 Å². The third kappa shape index (κ3) is 3.67. The normalized spacial score (nSPS) is 15.6. The Balaban J connectivity index is 1.50. The van der Waals surface area contributed by atoms with Gasteiger partial charge in [0.1, 0.15) is 11.4 Å². The lowest BCUT2D eigenvalue weighted by Gasteiger charge is -2.31. The van der Waals surface area contributed by atoms with Crippen LogP contribution in [0.2, 0.25) is 0 Å². The number of likely N-dealkylation sites (tertiary alicyclic amines) is 1. The molecule has 0 radical (unpaired) electrons. The van der Waals surface area contributed by atoms with Gasteiger partial charge in [0, 0.05) is 19.2 Å². The summed E-state index contributed by atoms with van der Waals surface area (Å²) in [7, 11) is -3.61. The maximum atomic E-state index is 13.1. The number of carbonyl (C=O) groups is 1. The van der Waals surface area contributed by atoms with Crippen LogP contribution in [0.3, 0.4) is 0 Å². The molecule has 0 saturated carbocycles. The van der Waals surface area contributed by atoms with Gasteiger partial charge in [0.05, 0.1) is 15.5 Å². The number of sulfone groups is 1. The van der Waals surface area contributed by atoms with Crippen LogP contribution >= 0.6 is 0 Å². The van der Waals surface area contributed by atoms with E-state index < -0.39 is 26.8 Å². The number of carbonyl (C=O) groups excluding carboxylic acids is 1. The zero-order valence-corrected chi connectivity index (χ0v) is 16.2. The van der Waals surface area contributed by atoms with Crippen molar-refractivity contribution >= 4 is 26.7 Å². The molecule has 0 spiro atoms. The van der Waals surface area contributed by atoms with Crippen LogP contribution in [0.4, 0.5) is 4.39 Å². The second-order valence-electron chi connectivity index (χ2n) is 6.96. The van der Waals surface area contributed by atoms with Gasteiger partial charge in [-0.15, -0.1) is 0 Å². The largest absolute Gasteiger partial charge is 0.451 e. The molecule has 1 fully saturated rings. The third-order valence-corrected chi connectivity index (χ3v) is 7.43. The highest BCUT2D eigenvalue weighted by atomic mass is 32.2. The maximum absolute atomic E-state index is 13.1. The smallest absolute Gasteiger partial charge is 0.289 e. The van der Waals surface area contributed by atoms with E-state index in [0.29, 0.717) is 11.0 Å². The lowest BCUT2D eigenvalue weighted by atomic mass is 10.1. The quantitative estimate of drug-likeness (QED) is 0.614. The molecule has 1 amide bonds. The molecule has 6 nitrogen and oxygen atoms in total. The Morgan fingerprint density at radius 1 is 1.03 bits per heavy atom. The van der Waals surface area contributed by atoms with E-state index in [-0.39, 0.29) is 42.0 Å². The summed E-state index contributed by atoms with van der Waals surface area (Å²) in [6.07, 6.45) is 0.506. The summed E-state index contributed by atoms with van der Waals surface area (Å²) in [4.78, 5) is 26.5. The molecule has 0 bridgehead atoms. The van der Waals surface area contributed by atoms with Crippen LogP contribution < -0.4 is 5.43 Å². The van der Waals surface area contributed by atoms with Crippen molar-refractivity contribution < 1.29 is 22.0 Å². The molecule has 0 atom stereocenters. The van der Waals surface area contributed by atoms with E-state index in [1.54, 1.807) is 24.3 Å². The number of para-hydroxylation sites is 1. The lowest BCUT2D eigenvalue weighted by Crippen LogP contribution is -2.42. The fraction of sp³-hybridized carbons (Fsp3) is 0.238. The van der Waals surface area contributed by atoms with Crippen molar-refractivity contribution in [2.75, 3.05) is 13.1 Å². The fourth-order valence-corrected chi connectivity index (χ4v) is 5.28. The molecule has 2 aromatic carbocycles. The summed E-state index contributed by atoms with van der Waals surface area (Å²) < 4.78 is 44.2. The first-order valence-electron chi connectivity index (χ1n) is 9.18. The van der Waals surface area contributed by atoms with Crippen LogP contribution in [0, 0.1) is 5.82 Å². The van der Waals surface area contributed by atoms with Gasteiger partial charge >= 0.3 is 0 Å². The molecular weight excluding hydrogens is 397 g/mol. The Labute approximate surface area is 166 Å². The molecule has 1 aliphatic rings. The summed E-state index contributed by atoms with van der Waals surface area (Å²) in [5.41, 5.74) is 0.0288. The van der Waals surface area contributed by atoms with Crippen molar-refractivity contribution in [3.8, 4) is 0 Å². The number of benzene rings is 2. The molecule has 8 heteroatoms. The van der Waals surface area contributed by atoms with Gasteiger partial charge in [-0.3, -0.25) is 9.59 Å². The van der Waals surface area contributed by atoms with Gasteiger partial charge in [0.2, 0.25) is 0 Å². The number of fused-ring (bicyclic) bond motifs is 1. The molecule has 3 aromatic rings. The zero-order valence-electron chi connectivity index (χ0n) is 15.4. The van der Waals surface area contributed by atoms with E-state index in [9.17, 15) is 22.4 Å². The molecule has 29 heavy (non-hydrogen) atoms. The predicted octanol–water partition coefficient (Wildman–Crippen LogP) is 3.01. The molecule has 0 aliphatic carbocycles. The molecule has 1 aromatic heterocycles. The van der Waals surface area contributed by atoms with E-state index in [4.69, 9.17) is 4.42 Å². The number of rotatable bonds is 3. The van der Waals surface area contributed by atoms with Gasteiger partial charge in [0.25, 0.3) is 5.91 Å². The van der Waals surface area contributed by atoms with Gasteiger partial charge in [-0.1, -0.05) is 12.1 Å². The molecule has 0 unspecified atom stereocenters. The molecular formula is C21H18FNO5S. The Bertz CT molecular complexity index is 1230. The van der Waals surface area contributed by atoms with Gasteiger partial charge in [-0.2, -0.15) is 0 Å². The number of hydrogen-bond donors (Lipinski definition) is 0. The minimum Gasteiger partial charge on any atom is -0.451 e. The van der Waals surface area contributed by atoms with Gasteiger partial charge < -0.3 is 9.32 Å². The van der Waals surface area contributed by atoms with Crippen molar-refractivity contribution in [1.29, 1.82) is 0 Å². The van der Waals surface area contributed by atoms with Crippen LogP contribution in [-0.2, 0) is 9.84 Å². The predicted molar refractivity (Wildman–Crippen MR) is 105 cm³/mol. The number of hydrogen-bond acceptors (Lipinski definition) is 5. The van der Waals surface area contributed by atoms with Gasteiger partial charge in [0.15, 0.2) is 21.0 Å². The topological polar surface area (TPSA) is 84.7 Å². The highest BCUT2D eigenvalue weighted by Crippen LogP contribution is 2.26. The SMILES string of the molecule is O=C(c1cc(=O)c2ccccc2o1)N1CCC(S(=O)(=O)c2ccc(F)cc2)CC1. The van der Waals surface area contributed by atoms with E-state index in [2.05, 4.69) is 0 Å². The van der Waals surface area contributed by atoms with Crippen molar-refractivity contribution in [1.82, 2.24) is 4.90 Å². The second-order valence-corrected chi connectivity index (χ2v) is 9.19. The summed E-state index contributed by atoms with van der Waals surface area (Å²) in [6.45, 7) is 0.445. The van der Waals surface area contributed by atoms with Crippen LogP contribution in [0.1, 0.15) is 23.4 Å². The van der Waals surface area contributed by atoms with Crippen LogP contribution in [0.5, 0.6) is 0 Å². The van der Waals surface area contributed by atoms with Crippen LogP contribution in [0.25, 0.3) is 11.0 Å². The minimum absolute atomic E-state index is 0.0615. The van der Waals surface area contributed by atoms with E-state index in [1.165, 1.54) is 23.1 Å². The van der Waals surface area contributed by atoms with E-state index in [1.807, 2.05) is 0 Å². The Morgan fingerprint density at radius 3 is 2.38 bits per heavy atom. The van der Waals surface area contributed by atoms with Crippen molar-refractivity contribution in [2.45, 2.75) is 23.0 Å². The summed E-state index contributed by atoms with van der Waals surface area (Å²) in [5, 5.41) is -0.256. The second kappa shape index (κ2) is 7.44. The van der Waals surface area contributed by atoms with Crippen molar-refractivity contribution in [3.63, 3.8) is 0 Å². The highest BCUT2D eigenvalue weighted by Gasteiger charge is 2.33. The first kappa shape index (κ1) is 19.3. The summed E-state index contributed by atoms with van der Waals surface area (Å²) in [5.74, 6) is -1.000. The number of nitrogens with zero attached hydrogens (tertiary/aromatic N) is 1. The van der Waals surface area contributed by atoms with E-state index in [0.717, 1.165) is 12.1 Å². The average Bonchev–Trinajstić information content (AvgIpc) is 2.73. The van der Waals surface area contributed by atoms with Gasteiger partial charge in [-0.05, 0) is 49.2 Å². The van der Waals surface area contributed by atoms with Crippen molar-refractivity contribution in [3.05, 3.63) is 76.4 Å². The molecule has 150 valence electrons. The Kier molecular flexibility index (Phi) is 4.96.